The number of halogens is 3. The predicted molar refractivity (Wildman–Crippen MR) is 93.8 cm³/mol. The van der Waals surface area contributed by atoms with Crippen LogP contribution in [0.3, 0.4) is 0 Å². The van der Waals surface area contributed by atoms with Crippen LogP contribution in [0.25, 0.3) is 11.0 Å². The van der Waals surface area contributed by atoms with Gasteiger partial charge in [0.2, 0.25) is 0 Å². The molecule has 1 amide bonds. The number of benzene rings is 1. The molecule has 1 N–H and O–H groups in total. The highest BCUT2D eigenvalue weighted by Crippen LogP contribution is 2.34. The number of alkyl halides is 3. The van der Waals surface area contributed by atoms with Crippen molar-refractivity contribution >= 4 is 22.6 Å². The highest BCUT2D eigenvalue weighted by molar-refractivity contribution is 5.92. The molecule has 1 aromatic heterocycles. The van der Waals surface area contributed by atoms with Gasteiger partial charge in [-0.25, -0.2) is 0 Å². The quantitative estimate of drug-likeness (QED) is 0.787. The number of amides is 1. The minimum absolute atomic E-state index is 0.0701. The van der Waals surface area contributed by atoms with E-state index in [-0.39, 0.29) is 36.2 Å². The molecule has 4 rings (SSSR count). The third-order valence-electron chi connectivity index (χ3n) is 4.98. The van der Waals surface area contributed by atoms with Gasteiger partial charge in [0.25, 0.3) is 5.91 Å². The van der Waals surface area contributed by atoms with E-state index in [9.17, 15) is 28.3 Å². The molecule has 0 aliphatic carbocycles. The van der Waals surface area contributed by atoms with Gasteiger partial charge in [-0.2, -0.15) is 18.4 Å². The maximum Gasteiger partial charge on any atom is 0.416 e. The number of rotatable bonds is 2. The summed E-state index contributed by atoms with van der Waals surface area (Å²) in [5, 5.41) is 18.6. The second-order valence-electron chi connectivity index (χ2n) is 6.95. The highest BCUT2D eigenvalue weighted by Gasteiger charge is 2.49. The van der Waals surface area contributed by atoms with Gasteiger partial charge in [0.15, 0.2) is 12.2 Å². The van der Waals surface area contributed by atoms with Crippen molar-refractivity contribution in [1.29, 1.82) is 5.26 Å². The van der Waals surface area contributed by atoms with Crippen molar-refractivity contribution in [3.63, 3.8) is 0 Å². The van der Waals surface area contributed by atoms with Crippen LogP contribution in [0.2, 0.25) is 0 Å². The van der Waals surface area contributed by atoms with Crippen molar-refractivity contribution in [2.24, 2.45) is 0 Å². The number of morpholine rings is 1. The van der Waals surface area contributed by atoms with Crippen molar-refractivity contribution in [2.75, 3.05) is 31.1 Å². The maximum absolute atomic E-state index is 13.5. The van der Waals surface area contributed by atoms with Gasteiger partial charge in [-0.1, -0.05) is 0 Å². The van der Waals surface area contributed by atoms with Gasteiger partial charge in [0.1, 0.15) is 17.1 Å². The number of carbonyl (C=O) groups is 1. The molecule has 29 heavy (non-hydrogen) atoms. The van der Waals surface area contributed by atoms with Gasteiger partial charge in [0, 0.05) is 25.5 Å². The van der Waals surface area contributed by atoms with Gasteiger partial charge in [0.05, 0.1) is 30.4 Å². The van der Waals surface area contributed by atoms with Crippen LogP contribution in [-0.4, -0.2) is 76.5 Å². The first-order chi connectivity index (χ1) is 13.8. The van der Waals surface area contributed by atoms with Gasteiger partial charge in [-0.3, -0.25) is 14.8 Å². The average molecular weight is 407 g/mol. The molecule has 11 heteroatoms. The minimum atomic E-state index is -4.67. The molecule has 8 nitrogen and oxygen atoms in total. The molecule has 2 saturated heterocycles. The van der Waals surface area contributed by atoms with Gasteiger partial charge < -0.3 is 19.6 Å². The van der Waals surface area contributed by atoms with E-state index in [0.29, 0.717) is 5.69 Å². The fraction of sp³-hybridized carbons (Fsp3) is 0.444. The van der Waals surface area contributed by atoms with E-state index in [1.807, 2.05) is 6.07 Å². The Morgan fingerprint density at radius 3 is 2.48 bits per heavy atom. The number of β-amino-alcohol motifs (C(OH)–C–C–N with tert-alkyl or cyclic N) is 1. The molecule has 0 radical (unpaired) electrons. The van der Waals surface area contributed by atoms with E-state index in [0.717, 1.165) is 0 Å². The van der Waals surface area contributed by atoms with Crippen LogP contribution in [0.5, 0.6) is 0 Å². The number of aliphatic hydroxyl groups excluding tert-OH is 1. The molecule has 3 heterocycles. The standard InChI is InChI=1S/C18H16F3N5O3/c19-18(20,21)14-9-25(8-13(29-14)17(28)26-6-11(27)7-26)12-2-1-10(5-22)15-16(12)24-4-3-23-15/h1-4,11,13-14,27H,6-9H2. The molecule has 1 aromatic carbocycles. The second-order valence-corrected chi connectivity index (χ2v) is 6.95. The monoisotopic (exact) mass is 407 g/mol. The Morgan fingerprint density at radius 2 is 1.86 bits per heavy atom. The number of anilines is 1. The molecule has 0 saturated carbocycles. The molecule has 152 valence electrons. The number of hydrogen-bond acceptors (Lipinski definition) is 7. The van der Waals surface area contributed by atoms with Crippen molar-refractivity contribution in [2.45, 2.75) is 24.5 Å². The molecule has 2 fully saturated rings. The fourth-order valence-corrected chi connectivity index (χ4v) is 3.50. The molecule has 2 aliphatic rings. The summed E-state index contributed by atoms with van der Waals surface area (Å²) in [4.78, 5) is 23.5. The lowest BCUT2D eigenvalue weighted by Gasteiger charge is -2.43. The number of likely N-dealkylation sites (tertiary alicyclic amines) is 1. The maximum atomic E-state index is 13.5. The molecule has 2 aromatic rings. The molecule has 2 unspecified atom stereocenters. The van der Waals surface area contributed by atoms with E-state index >= 15 is 0 Å². The summed E-state index contributed by atoms with van der Waals surface area (Å²) in [6, 6.07) is 4.95. The first-order valence-electron chi connectivity index (χ1n) is 8.85. The predicted octanol–water partition coefficient (Wildman–Crippen LogP) is 0.841. The SMILES string of the molecule is N#Cc1ccc(N2CC(C(=O)N3CC(O)C3)OC(C(F)(F)F)C2)c2nccnc12. The Hall–Kier alpha value is -2.97. The second kappa shape index (κ2) is 7.13. The topological polar surface area (TPSA) is 103 Å². The number of fused-ring (bicyclic) bond motifs is 1. The normalized spacial score (nSPS) is 23.0. The number of nitriles is 1. The van der Waals surface area contributed by atoms with Crippen LogP contribution in [0.4, 0.5) is 18.9 Å². The van der Waals surface area contributed by atoms with Crippen molar-refractivity contribution < 1.29 is 27.8 Å². The number of hydrogen-bond donors (Lipinski definition) is 1. The fourth-order valence-electron chi connectivity index (χ4n) is 3.50. The molecule has 2 aliphatic heterocycles. The summed E-state index contributed by atoms with van der Waals surface area (Å²) in [5.41, 5.74) is 1.14. The van der Waals surface area contributed by atoms with Crippen molar-refractivity contribution in [3.8, 4) is 6.07 Å². The molecule has 0 spiro atoms. The minimum Gasteiger partial charge on any atom is -0.389 e. The largest absolute Gasteiger partial charge is 0.416 e. The third kappa shape index (κ3) is 3.56. The Morgan fingerprint density at radius 1 is 1.17 bits per heavy atom. The van der Waals surface area contributed by atoms with Gasteiger partial charge in [-0.15, -0.1) is 0 Å². The number of ether oxygens (including phenoxy) is 1. The van der Waals surface area contributed by atoms with Crippen molar-refractivity contribution in [1.82, 2.24) is 14.9 Å². The van der Waals surface area contributed by atoms with Crippen LogP contribution in [0.1, 0.15) is 5.56 Å². The van der Waals surface area contributed by atoms with E-state index < -0.39 is 36.9 Å². The number of carbonyl (C=O) groups excluding carboxylic acids is 1. The van der Waals surface area contributed by atoms with E-state index in [2.05, 4.69) is 9.97 Å². The number of aliphatic hydroxyl groups is 1. The lowest BCUT2D eigenvalue weighted by atomic mass is 10.1. The van der Waals surface area contributed by atoms with Gasteiger partial charge >= 0.3 is 6.18 Å². The van der Waals surface area contributed by atoms with Crippen LogP contribution in [0.15, 0.2) is 24.5 Å². The first kappa shape index (κ1) is 19.4. The lowest BCUT2D eigenvalue weighted by molar-refractivity contribution is -0.236. The number of nitrogens with zero attached hydrogens (tertiary/aromatic N) is 5. The summed E-state index contributed by atoms with van der Waals surface area (Å²) in [6.07, 6.45) is -6.07. The lowest BCUT2D eigenvalue weighted by Crippen LogP contribution is -2.62. The van der Waals surface area contributed by atoms with E-state index in [1.54, 1.807) is 0 Å². The molecule has 2 atom stereocenters. The first-order valence-corrected chi connectivity index (χ1v) is 8.85. The Bertz CT molecular complexity index is 987. The number of aromatic nitrogens is 2. The molecule has 0 bridgehead atoms. The third-order valence-corrected chi connectivity index (χ3v) is 4.98. The summed E-state index contributed by atoms with van der Waals surface area (Å²) in [5.74, 6) is -0.599. The van der Waals surface area contributed by atoms with Gasteiger partial charge in [-0.05, 0) is 12.1 Å². The Balaban J connectivity index is 1.70. The van der Waals surface area contributed by atoms with Crippen LogP contribution >= 0.6 is 0 Å². The zero-order chi connectivity index (χ0) is 20.8. The van der Waals surface area contributed by atoms with E-state index in [4.69, 9.17) is 4.74 Å². The van der Waals surface area contributed by atoms with Crippen LogP contribution < -0.4 is 4.90 Å². The summed E-state index contributed by atoms with van der Waals surface area (Å²) >= 11 is 0. The molecular weight excluding hydrogens is 391 g/mol. The van der Waals surface area contributed by atoms with Crippen LogP contribution in [-0.2, 0) is 9.53 Å². The zero-order valence-electron chi connectivity index (χ0n) is 15.0. The summed E-state index contributed by atoms with van der Waals surface area (Å²) in [7, 11) is 0. The highest BCUT2D eigenvalue weighted by atomic mass is 19.4. The zero-order valence-corrected chi connectivity index (χ0v) is 15.0. The van der Waals surface area contributed by atoms with Crippen LogP contribution in [0, 0.1) is 11.3 Å². The molecular formula is C18H16F3N5O3. The van der Waals surface area contributed by atoms with E-state index in [1.165, 1.54) is 34.3 Å². The summed E-state index contributed by atoms with van der Waals surface area (Å²) in [6.45, 7) is -0.496. The Labute approximate surface area is 163 Å². The summed E-state index contributed by atoms with van der Waals surface area (Å²) < 4.78 is 45.5. The smallest absolute Gasteiger partial charge is 0.389 e. The average Bonchev–Trinajstić information content (AvgIpc) is 2.69. The van der Waals surface area contributed by atoms with Crippen molar-refractivity contribution in [3.05, 3.63) is 30.1 Å². The Kier molecular flexibility index (Phi) is 4.76.